The molecule has 2 aromatic rings. The molecule has 0 saturated carbocycles. The number of benzene rings is 2. The second kappa shape index (κ2) is 10.0. The van der Waals surface area contributed by atoms with E-state index in [1.54, 1.807) is 0 Å². The molecule has 4 rings (SSSR count). The highest BCUT2D eigenvalue weighted by atomic mass is 32.2. The second-order valence-corrected chi connectivity index (χ2v) is 9.10. The average molecular weight is 425 g/mol. The highest BCUT2D eigenvalue weighted by molar-refractivity contribution is 7.99. The molecule has 0 N–H and O–H groups in total. The van der Waals surface area contributed by atoms with Gasteiger partial charge in [0.25, 0.3) is 5.91 Å². The van der Waals surface area contributed by atoms with Gasteiger partial charge in [0.15, 0.2) is 6.61 Å². The minimum atomic E-state index is -0.160. The van der Waals surface area contributed by atoms with E-state index in [1.807, 2.05) is 70.1 Å². The number of carbonyl (C=O) groups is 2. The Kier molecular flexibility index (Phi) is 6.95. The Bertz CT molecular complexity index is 840. The molecule has 2 aliphatic heterocycles. The molecule has 0 bridgehead atoms. The third-order valence-electron chi connectivity index (χ3n) is 5.85. The summed E-state index contributed by atoms with van der Waals surface area (Å²) in [7, 11) is 0. The molecule has 0 radical (unpaired) electrons. The van der Waals surface area contributed by atoms with Gasteiger partial charge in [0.05, 0.1) is 5.92 Å². The van der Waals surface area contributed by atoms with Gasteiger partial charge in [0, 0.05) is 43.6 Å². The number of carbonyl (C=O) groups excluding carboxylic acids is 2. The van der Waals surface area contributed by atoms with Gasteiger partial charge in [-0.2, -0.15) is 11.8 Å². The first-order valence-corrected chi connectivity index (χ1v) is 11.7. The SMILES string of the molecule is O=C(COc1ccccc1)N1CC(C(=O)N2CCSCC2)CC(c2ccccc2)C1. The summed E-state index contributed by atoms with van der Waals surface area (Å²) in [5, 5.41) is 0. The largest absolute Gasteiger partial charge is 0.484 e. The quantitative estimate of drug-likeness (QED) is 0.739. The highest BCUT2D eigenvalue weighted by Gasteiger charge is 2.36. The van der Waals surface area contributed by atoms with E-state index >= 15 is 0 Å². The smallest absolute Gasteiger partial charge is 0.260 e. The summed E-state index contributed by atoms with van der Waals surface area (Å²) in [6, 6.07) is 19.6. The van der Waals surface area contributed by atoms with Crippen LogP contribution in [0.3, 0.4) is 0 Å². The van der Waals surface area contributed by atoms with E-state index in [-0.39, 0.29) is 30.3 Å². The molecule has 2 amide bonds. The Hall–Kier alpha value is -2.47. The van der Waals surface area contributed by atoms with E-state index in [0.717, 1.165) is 31.0 Å². The fourth-order valence-corrected chi connectivity index (χ4v) is 5.15. The first kappa shape index (κ1) is 20.8. The van der Waals surface area contributed by atoms with Crippen LogP contribution < -0.4 is 4.74 Å². The predicted octanol–water partition coefficient (Wildman–Crippen LogP) is 3.27. The lowest BCUT2D eigenvalue weighted by molar-refractivity contribution is -0.142. The number of rotatable bonds is 5. The molecule has 30 heavy (non-hydrogen) atoms. The molecule has 2 unspecified atom stereocenters. The number of amides is 2. The summed E-state index contributed by atoms with van der Waals surface area (Å²) in [6.45, 7) is 2.71. The molecule has 0 aromatic heterocycles. The second-order valence-electron chi connectivity index (χ2n) is 7.88. The van der Waals surface area contributed by atoms with Gasteiger partial charge in [-0.1, -0.05) is 48.5 Å². The average Bonchev–Trinajstić information content (AvgIpc) is 2.83. The standard InChI is InChI=1S/C24H28N2O3S/c27-23(18-29-22-9-5-2-6-10-22)26-16-20(19-7-3-1-4-8-19)15-21(17-26)24(28)25-11-13-30-14-12-25/h1-10,20-21H,11-18H2. The van der Waals surface area contributed by atoms with Crippen molar-refractivity contribution in [1.82, 2.24) is 9.80 Å². The molecule has 2 atom stereocenters. The van der Waals surface area contributed by atoms with E-state index in [4.69, 9.17) is 4.74 Å². The molecule has 2 fully saturated rings. The lowest BCUT2D eigenvalue weighted by Gasteiger charge is -2.40. The van der Waals surface area contributed by atoms with Gasteiger partial charge in [0.2, 0.25) is 5.91 Å². The van der Waals surface area contributed by atoms with Crippen LogP contribution in [0.15, 0.2) is 60.7 Å². The minimum Gasteiger partial charge on any atom is -0.484 e. The van der Waals surface area contributed by atoms with E-state index < -0.39 is 0 Å². The first-order valence-electron chi connectivity index (χ1n) is 10.6. The number of piperidine rings is 1. The van der Waals surface area contributed by atoms with Crippen LogP contribution in [0.5, 0.6) is 5.75 Å². The molecule has 2 aliphatic rings. The summed E-state index contributed by atoms with van der Waals surface area (Å²) in [5.74, 6) is 2.80. The molecular formula is C24H28N2O3S. The van der Waals surface area contributed by atoms with Gasteiger partial charge in [0.1, 0.15) is 5.75 Å². The van der Waals surface area contributed by atoms with Crippen molar-refractivity contribution >= 4 is 23.6 Å². The zero-order valence-electron chi connectivity index (χ0n) is 17.1. The normalized spacial score (nSPS) is 21.9. The summed E-state index contributed by atoms with van der Waals surface area (Å²) < 4.78 is 5.68. The number of nitrogens with zero attached hydrogens (tertiary/aromatic N) is 2. The lowest BCUT2D eigenvalue weighted by atomic mass is 9.83. The maximum absolute atomic E-state index is 13.2. The Morgan fingerprint density at radius 3 is 2.27 bits per heavy atom. The van der Waals surface area contributed by atoms with Crippen LogP contribution in [0.4, 0.5) is 0 Å². The van der Waals surface area contributed by atoms with Gasteiger partial charge >= 0.3 is 0 Å². The molecule has 2 heterocycles. The van der Waals surface area contributed by atoms with Crippen LogP contribution in [0.1, 0.15) is 17.9 Å². The highest BCUT2D eigenvalue weighted by Crippen LogP contribution is 2.32. The van der Waals surface area contributed by atoms with Crippen molar-refractivity contribution < 1.29 is 14.3 Å². The van der Waals surface area contributed by atoms with Crippen LogP contribution >= 0.6 is 11.8 Å². The van der Waals surface area contributed by atoms with Gasteiger partial charge in [-0.15, -0.1) is 0 Å². The Labute approximate surface area is 182 Å². The molecule has 158 valence electrons. The van der Waals surface area contributed by atoms with Crippen LogP contribution in [-0.4, -0.2) is 65.9 Å². The van der Waals surface area contributed by atoms with Crippen molar-refractivity contribution in [3.05, 3.63) is 66.2 Å². The molecular weight excluding hydrogens is 396 g/mol. The fourth-order valence-electron chi connectivity index (χ4n) is 4.24. The van der Waals surface area contributed by atoms with Crippen LogP contribution in [0, 0.1) is 5.92 Å². The van der Waals surface area contributed by atoms with Gasteiger partial charge in [-0.25, -0.2) is 0 Å². The Morgan fingerprint density at radius 1 is 0.900 bits per heavy atom. The fraction of sp³-hybridized carbons (Fsp3) is 0.417. The van der Waals surface area contributed by atoms with Crippen LogP contribution in [0.2, 0.25) is 0 Å². The van der Waals surface area contributed by atoms with Crippen molar-refractivity contribution in [2.75, 3.05) is 44.3 Å². The summed E-state index contributed by atoms with van der Waals surface area (Å²) in [5.41, 5.74) is 1.19. The number of likely N-dealkylation sites (tertiary alicyclic amines) is 1. The first-order chi connectivity index (χ1) is 14.7. The van der Waals surface area contributed by atoms with Gasteiger partial charge in [-0.3, -0.25) is 9.59 Å². The van der Waals surface area contributed by atoms with E-state index in [9.17, 15) is 9.59 Å². The molecule has 2 saturated heterocycles. The Balaban J connectivity index is 1.47. The maximum Gasteiger partial charge on any atom is 0.260 e. The van der Waals surface area contributed by atoms with Crippen molar-refractivity contribution in [1.29, 1.82) is 0 Å². The molecule has 0 aliphatic carbocycles. The van der Waals surface area contributed by atoms with Crippen LogP contribution in [0.25, 0.3) is 0 Å². The van der Waals surface area contributed by atoms with Crippen molar-refractivity contribution in [3.63, 3.8) is 0 Å². The van der Waals surface area contributed by atoms with E-state index in [2.05, 4.69) is 12.1 Å². The number of thioether (sulfide) groups is 1. The molecule has 0 spiro atoms. The van der Waals surface area contributed by atoms with Crippen molar-refractivity contribution in [3.8, 4) is 5.75 Å². The third-order valence-corrected chi connectivity index (χ3v) is 6.79. The van der Waals surface area contributed by atoms with Gasteiger partial charge < -0.3 is 14.5 Å². The summed E-state index contributed by atoms with van der Waals surface area (Å²) in [6.07, 6.45) is 0.788. The zero-order chi connectivity index (χ0) is 20.8. The van der Waals surface area contributed by atoms with Crippen LogP contribution in [-0.2, 0) is 9.59 Å². The number of ether oxygens (including phenoxy) is 1. The number of hydrogen-bond donors (Lipinski definition) is 0. The molecule has 6 heteroatoms. The monoisotopic (exact) mass is 424 g/mol. The summed E-state index contributed by atoms with van der Waals surface area (Å²) >= 11 is 1.90. The van der Waals surface area contributed by atoms with Crippen molar-refractivity contribution in [2.45, 2.75) is 12.3 Å². The number of para-hydroxylation sites is 1. The maximum atomic E-state index is 13.2. The van der Waals surface area contributed by atoms with E-state index in [0.29, 0.717) is 18.8 Å². The predicted molar refractivity (Wildman–Crippen MR) is 120 cm³/mol. The Morgan fingerprint density at radius 2 is 1.57 bits per heavy atom. The molecule has 2 aromatic carbocycles. The zero-order valence-corrected chi connectivity index (χ0v) is 17.9. The topological polar surface area (TPSA) is 49.9 Å². The summed E-state index contributed by atoms with van der Waals surface area (Å²) in [4.78, 5) is 30.0. The lowest BCUT2D eigenvalue weighted by Crippen LogP contribution is -2.51. The van der Waals surface area contributed by atoms with Crippen molar-refractivity contribution in [2.24, 2.45) is 5.92 Å². The van der Waals surface area contributed by atoms with E-state index in [1.165, 1.54) is 5.56 Å². The minimum absolute atomic E-state index is 0.00715. The third kappa shape index (κ3) is 5.17. The molecule has 5 nitrogen and oxygen atoms in total. The number of hydrogen-bond acceptors (Lipinski definition) is 4. The van der Waals surface area contributed by atoms with Gasteiger partial charge in [-0.05, 0) is 24.1 Å².